The van der Waals surface area contributed by atoms with Gasteiger partial charge < -0.3 is 9.64 Å². The summed E-state index contributed by atoms with van der Waals surface area (Å²) in [7, 11) is 0. The molecule has 0 saturated carbocycles. The molecule has 5 heteroatoms. The molecule has 108 valence electrons. The van der Waals surface area contributed by atoms with Crippen LogP contribution < -0.4 is 4.90 Å². The fourth-order valence-electron chi connectivity index (χ4n) is 2.21. The highest BCUT2D eigenvalue weighted by Crippen LogP contribution is 2.28. The lowest BCUT2D eigenvalue weighted by molar-refractivity contribution is 0.122. The Kier molecular flexibility index (Phi) is 5.40. The van der Waals surface area contributed by atoms with E-state index in [0.717, 1.165) is 43.5 Å². The van der Waals surface area contributed by atoms with Gasteiger partial charge in [-0.1, -0.05) is 31.2 Å². The summed E-state index contributed by atoms with van der Waals surface area (Å²) in [4.78, 5) is 7.05. The van der Waals surface area contributed by atoms with Gasteiger partial charge in [0.25, 0.3) is 0 Å². The molecule has 3 nitrogen and oxygen atoms in total. The smallest absolute Gasteiger partial charge is 0.186 e. The van der Waals surface area contributed by atoms with Crippen LogP contribution in [0.4, 0.5) is 5.13 Å². The molecule has 1 aliphatic heterocycles. The van der Waals surface area contributed by atoms with Gasteiger partial charge in [-0.3, -0.25) is 0 Å². The van der Waals surface area contributed by atoms with E-state index in [1.54, 1.807) is 11.3 Å². The number of anilines is 1. The monoisotopic (exact) mass is 310 g/mol. The summed E-state index contributed by atoms with van der Waals surface area (Å²) >= 11 is 1.72. The van der Waals surface area contributed by atoms with E-state index in [1.807, 2.05) is 0 Å². The lowest BCUT2D eigenvalue weighted by Gasteiger charge is -2.26. The minimum Gasteiger partial charge on any atom is -0.378 e. The van der Waals surface area contributed by atoms with E-state index in [2.05, 4.69) is 41.5 Å². The Balaban J connectivity index is 0.00000147. The van der Waals surface area contributed by atoms with Gasteiger partial charge in [-0.2, -0.15) is 0 Å². The van der Waals surface area contributed by atoms with Crippen molar-refractivity contribution in [3.63, 3.8) is 0 Å². The third-order valence-electron chi connectivity index (χ3n) is 3.43. The highest BCUT2D eigenvalue weighted by molar-refractivity contribution is 7.14. The molecule has 0 amide bonds. The number of aromatic nitrogens is 1. The number of halogens is 1. The van der Waals surface area contributed by atoms with Crippen molar-refractivity contribution in [1.82, 2.24) is 4.98 Å². The summed E-state index contributed by atoms with van der Waals surface area (Å²) in [6.07, 6.45) is 1.08. The molecule has 2 heterocycles. The van der Waals surface area contributed by atoms with Crippen LogP contribution in [0.5, 0.6) is 0 Å². The first-order chi connectivity index (χ1) is 9.36. The molecule has 1 aliphatic rings. The van der Waals surface area contributed by atoms with Crippen LogP contribution in [-0.4, -0.2) is 31.3 Å². The Bertz CT molecular complexity index is 535. The first-order valence-corrected chi connectivity index (χ1v) is 7.62. The van der Waals surface area contributed by atoms with E-state index in [0.29, 0.717) is 0 Å². The summed E-state index contributed by atoms with van der Waals surface area (Å²) in [5.74, 6) is 0. The zero-order valence-electron chi connectivity index (χ0n) is 11.5. The SMILES string of the molecule is CCc1ccc(-c2csc(N3CCOCC3)n2)cc1.Cl. The van der Waals surface area contributed by atoms with Crippen LogP contribution >= 0.6 is 23.7 Å². The van der Waals surface area contributed by atoms with E-state index < -0.39 is 0 Å². The second kappa shape index (κ2) is 7.07. The number of thiazole rings is 1. The number of ether oxygens (including phenoxy) is 1. The predicted octanol–water partition coefficient (Wildman–Crippen LogP) is 3.63. The molecule has 0 N–H and O–H groups in total. The largest absolute Gasteiger partial charge is 0.378 e. The second-order valence-corrected chi connectivity index (χ2v) is 5.50. The van der Waals surface area contributed by atoms with Gasteiger partial charge in [0.2, 0.25) is 0 Å². The Morgan fingerprint density at radius 2 is 1.90 bits per heavy atom. The Morgan fingerprint density at radius 1 is 1.20 bits per heavy atom. The molecule has 0 radical (unpaired) electrons. The second-order valence-electron chi connectivity index (χ2n) is 4.67. The van der Waals surface area contributed by atoms with E-state index in [1.165, 1.54) is 11.1 Å². The number of morpholine rings is 1. The van der Waals surface area contributed by atoms with Crippen LogP contribution in [-0.2, 0) is 11.2 Å². The van der Waals surface area contributed by atoms with Crippen LogP contribution in [0.2, 0.25) is 0 Å². The summed E-state index contributed by atoms with van der Waals surface area (Å²) in [6.45, 7) is 5.68. The molecular weight excluding hydrogens is 292 g/mol. The Morgan fingerprint density at radius 3 is 2.55 bits per heavy atom. The lowest BCUT2D eigenvalue weighted by atomic mass is 10.1. The Labute approximate surface area is 130 Å². The molecule has 0 atom stereocenters. The molecule has 0 unspecified atom stereocenters. The lowest BCUT2D eigenvalue weighted by Crippen LogP contribution is -2.36. The zero-order chi connectivity index (χ0) is 13.1. The molecule has 1 aromatic heterocycles. The molecule has 1 saturated heterocycles. The average Bonchev–Trinajstić information content (AvgIpc) is 2.98. The zero-order valence-corrected chi connectivity index (χ0v) is 13.2. The van der Waals surface area contributed by atoms with Gasteiger partial charge in [0.05, 0.1) is 18.9 Å². The van der Waals surface area contributed by atoms with Crippen LogP contribution in [0.25, 0.3) is 11.3 Å². The molecule has 1 aromatic carbocycles. The van der Waals surface area contributed by atoms with Gasteiger partial charge in [-0.05, 0) is 12.0 Å². The van der Waals surface area contributed by atoms with Gasteiger partial charge in [0, 0.05) is 24.0 Å². The maximum atomic E-state index is 5.37. The van der Waals surface area contributed by atoms with Gasteiger partial charge in [-0.25, -0.2) is 4.98 Å². The van der Waals surface area contributed by atoms with Gasteiger partial charge in [-0.15, -0.1) is 23.7 Å². The van der Waals surface area contributed by atoms with Crippen LogP contribution in [0.15, 0.2) is 29.6 Å². The number of rotatable bonds is 3. The average molecular weight is 311 g/mol. The van der Waals surface area contributed by atoms with Crippen LogP contribution in [0.1, 0.15) is 12.5 Å². The van der Waals surface area contributed by atoms with Gasteiger partial charge in [0.1, 0.15) is 0 Å². The topological polar surface area (TPSA) is 25.4 Å². The van der Waals surface area contributed by atoms with Gasteiger partial charge >= 0.3 is 0 Å². The molecule has 1 fully saturated rings. The van der Waals surface area contributed by atoms with Crippen molar-refractivity contribution in [3.05, 3.63) is 35.2 Å². The van der Waals surface area contributed by atoms with Crippen molar-refractivity contribution < 1.29 is 4.74 Å². The van der Waals surface area contributed by atoms with Crippen molar-refractivity contribution >= 4 is 28.9 Å². The van der Waals surface area contributed by atoms with Crippen LogP contribution in [0, 0.1) is 0 Å². The minimum atomic E-state index is 0. The predicted molar refractivity (Wildman–Crippen MR) is 87.2 cm³/mol. The maximum Gasteiger partial charge on any atom is 0.186 e. The maximum absolute atomic E-state index is 5.37. The summed E-state index contributed by atoms with van der Waals surface area (Å²) in [5.41, 5.74) is 3.65. The van der Waals surface area contributed by atoms with E-state index in [4.69, 9.17) is 9.72 Å². The van der Waals surface area contributed by atoms with Crippen molar-refractivity contribution in [1.29, 1.82) is 0 Å². The molecule has 2 aromatic rings. The number of hydrogen-bond acceptors (Lipinski definition) is 4. The summed E-state index contributed by atoms with van der Waals surface area (Å²) in [5, 5.41) is 3.25. The summed E-state index contributed by atoms with van der Waals surface area (Å²) in [6, 6.07) is 8.69. The number of hydrogen-bond donors (Lipinski definition) is 0. The molecule has 20 heavy (non-hydrogen) atoms. The van der Waals surface area contributed by atoms with Crippen molar-refractivity contribution in [3.8, 4) is 11.3 Å². The molecular formula is C15H19ClN2OS. The highest BCUT2D eigenvalue weighted by Gasteiger charge is 2.15. The van der Waals surface area contributed by atoms with Crippen molar-refractivity contribution in [2.45, 2.75) is 13.3 Å². The van der Waals surface area contributed by atoms with E-state index in [-0.39, 0.29) is 12.4 Å². The first-order valence-electron chi connectivity index (χ1n) is 6.74. The third kappa shape index (κ3) is 3.32. The molecule has 3 rings (SSSR count). The van der Waals surface area contributed by atoms with Gasteiger partial charge in [0.15, 0.2) is 5.13 Å². The number of benzene rings is 1. The van der Waals surface area contributed by atoms with Crippen LogP contribution in [0.3, 0.4) is 0 Å². The summed E-state index contributed by atoms with van der Waals surface area (Å²) < 4.78 is 5.37. The third-order valence-corrected chi connectivity index (χ3v) is 4.33. The van der Waals surface area contributed by atoms with Crippen molar-refractivity contribution in [2.75, 3.05) is 31.2 Å². The van der Waals surface area contributed by atoms with E-state index in [9.17, 15) is 0 Å². The molecule has 0 aliphatic carbocycles. The number of nitrogens with zero attached hydrogens (tertiary/aromatic N) is 2. The molecule has 0 bridgehead atoms. The fraction of sp³-hybridized carbons (Fsp3) is 0.400. The fourth-order valence-corrected chi connectivity index (χ4v) is 3.10. The highest BCUT2D eigenvalue weighted by atomic mass is 35.5. The number of aryl methyl sites for hydroxylation is 1. The quantitative estimate of drug-likeness (QED) is 0.865. The van der Waals surface area contributed by atoms with E-state index >= 15 is 0 Å². The normalized spacial score (nSPS) is 14.9. The standard InChI is InChI=1S/C15H18N2OS.ClH/c1-2-12-3-5-13(6-4-12)14-11-19-15(16-14)17-7-9-18-10-8-17;/h3-6,11H,2,7-10H2,1H3;1H. The minimum absolute atomic E-state index is 0. The first kappa shape index (κ1) is 15.3. The van der Waals surface area contributed by atoms with Crippen molar-refractivity contribution in [2.24, 2.45) is 0 Å². The molecule has 0 spiro atoms. The Hall–Kier alpha value is -1.10.